The van der Waals surface area contributed by atoms with Crippen LogP contribution in [0.3, 0.4) is 0 Å². The molecule has 1 aromatic carbocycles. The normalized spacial score (nSPS) is 13.7. The van der Waals surface area contributed by atoms with E-state index in [0.29, 0.717) is 16.7 Å². The molecule has 0 saturated heterocycles. The second-order valence-corrected chi connectivity index (χ2v) is 5.95. The van der Waals surface area contributed by atoms with Crippen LogP contribution in [-0.2, 0) is 28.0 Å². The highest BCUT2D eigenvalue weighted by Gasteiger charge is 2.16. The van der Waals surface area contributed by atoms with Gasteiger partial charge in [-0.1, -0.05) is 23.8 Å². The molecule has 0 radical (unpaired) electrons. The van der Waals surface area contributed by atoms with Crippen LogP contribution in [0, 0.1) is 0 Å². The molecule has 0 aromatic heterocycles. The van der Waals surface area contributed by atoms with Gasteiger partial charge in [-0.25, -0.2) is 4.79 Å². The lowest BCUT2D eigenvalue weighted by atomic mass is 10.0. The van der Waals surface area contributed by atoms with Crippen LogP contribution in [0.2, 0.25) is 0 Å². The Morgan fingerprint density at radius 2 is 2.04 bits per heavy atom. The predicted octanol–water partition coefficient (Wildman–Crippen LogP) is 0.337. The minimum absolute atomic E-state index is 0.122. The Hall–Kier alpha value is -1.94. The van der Waals surface area contributed by atoms with Gasteiger partial charge in [0.05, 0.1) is 6.61 Å². The molecule has 0 saturated carbocycles. The number of aliphatic hydroxyl groups is 2. The van der Waals surface area contributed by atoms with Gasteiger partial charge in [-0.05, 0) is 25.0 Å². The molecule has 1 aromatic rings. The van der Waals surface area contributed by atoms with E-state index < -0.39 is 22.5 Å². The number of benzene rings is 1. The number of hydrogen-bond acceptors (Lipinski definition) is 6. The summed E-state index contributed by atoms with van der Waals surface area (Å²) in [5.41, 5.74) is 1.44. The first-order valence-corrected chi connectivity index (χ1v) is 7.95. The van der Waals surface area contributed by atoms with Gasteiger partial charge in [0.2, 0.25) is 0 Å². The zero-order valence-corrected chi connectivity index (χ0v) is 13.2. The van der Waals surface area contributed by atoms with Gasteiger partial charge in [0.1, 0.15) is 5.75 Å². The van der Waals surface area contributed by atoms with E-state index in [0.717, 1.165) is 0 Å². The van der Waals surface area contributed by atoms with Crippen molar-refractivity contribution in [2.24, 2.45) is 0 Å². The Bertz CT molecular complexity index is 693. The summed E-state index contributed by atoms with van der Waals surface area (Å²) in [5, 5.41) is 27.0. The van der Waals surface area contributed by atoms with Crippen molar-refractivity contribution in [2.45, 2.75) is 25.9 Å². The fourth-order valence-corrected chi connectivity index (χ4v) is 2.16. The summed E-state index contributed by atoms with van der Waals surface area (Å²) in [5.74, 6) is -1.50. The Balaban J connectivity index is 3.13. The topological polar surface area (TPSA) is 141 Å². The van der Waals surface area contributed by atoms with E-state index in [-0.39, 0.29) is 25.2 Å². The third kappa shape index (κ3) is 6.78. The zero-order chi connectivity index (χ0) is 17.6. The zero-order valence-electron chi connectivity index (χ0n) is 12.3. The van der Waals surface area contributed by atoms with E-state index >= 15 is 0 Å². The number of carboxylic acid groups (broad SMARTS) is 1. The SMILES string of the molecule is C/C(=C\Cc1cc(CC(O)C(=O)O)ccc1OS(=O)(=O)O)CO. The average Bonchev–Trinajstić information content (AvgIpc) is 2.45. The molecule has 0 fully saturated rings. The van der Waals surface area contributed by atoms with Crippen molar-refractivity contribution in [2.75, 3.05) is 6.61 Å². The standard InChI is InChI=1S/C14H18O8S/c1-9(8-15)2-4-11-6-10(7-12(16)14(17)18)3-5-13(11)22-23(19,20)21/h2-3,5-6,12,15-16H,4,7-8H2,1H3,(H,17,18)(H,19,20,21)/b9-2+. The first-order chi connectivity index (χ1) is 10.6. The molecule has 0 aliphatic carbocycles. The summed E-state index contributed by atoms with van der Waals surface area (Å²) in [4.78, 5) is 10.7. The molecule has 4 N–H and O–H groups in total. The molecular weight excluding hydrogens is 328 g/mol. The van der Waals surface area contributed by atoms with Crippen LogP contribution in [0.25, 0.3) is 0 Å². The third-order valence-corrected chi connectivity index (χ3v) is 3.34. The van der Waals surface area contributed by atoms with E-state index in [1.807, 2.05) is 0 Å². The molecule has 1 rings (SSSR count). The van der Waals surface area contributed by atoms with Crippen LogP contribution < -0.4 is 4.18 Å². The maximum atomic E-state index is 10.9. The Morgan fingerprint density at radius 1 is 1.39 bits per heavy atom. The number of aliphatic hydroxyl groups excluding tert-OH is 2. The molecule has 9 heteroatoms. The van der Waals surface area contributed by atoms with Crippen molar-refractivity contribution in [1.29, 1.82) is 0 Å². The van der Waals surface area contributed by atoms with Crippen molar-refractivity contribution < 1.29 is 37.3 Å². The smallest absolute Gasteiger partial charge is 0.446 e. The fraction of sp³-hybridized carbons (Fsp3) is 0.357. The van der Waals surface area contributed by atoms with E-state index in [1.54, 1.807) is 13.0 Å². The Labute approximate surface area is 133 Å². The van der Waals surface area contributed by atoms with Gasteiger partial charge >= 0.3 is 16.4 Å². The second kappa shape index (κ2) is 8.06. The molecule has 8 nitrogen and oxygen atoms in total. The third-order valence-electron chi connectivity index (χ3n) is 2.95. The van der Waals surface area contributed by atoms with Crippen LogP contribution >= 0.6 is 0 Å². The summed E-state index contributed by atoms with van der Waals surface area (Å²) in [6, 6.07) is 4.11. The molecule has 0 aliphatic heterocycles. The summed E-state index contributed by atoms with van der Waals surface area (Å²) < 4.78 is 35.0. The maximum absolute atomic E-state index is 10.9. The molecule has 0 spiro atoms. The number of aliphatic carboxylic acids is 1. The summed E-state index contributed by atoms with van der Waals surface area (Å²) in [7, 11) is -4.71. The molecule has 0 heterocycles. The van der Waals surface area contributed by atoms with Crippen molar-refractivity contribution in [3.63, 3.8) is 0 Å². The van der Waals surface area contributed by atoms with E-state index in [2.05, 4.69) is 4.18 Å². The average molecular weight is 346 g/mol. The highest BCUT2D eigenvalue weighted by molar-refractivity contribution is 7.81. The van der Waals surface area contributed by atoms with E-state index in [1.165, 1.54) is 18.2 Å². The van der Waals surface area contributed by atoms with Gasteiger partial charge in [-0.3, -0.25) is 4.55 Å². The highest BCUT2D eigenvalue weighted by Crippen LogP contribution is 2.24. The van der Waals surface area contributed by atoms with Crippen molar-refractivity contribution in [3.05, 3.63) is 41.0 Å². The Kier molecular flexibility index (Phi) is 6.70. The lowest BCUT2D eigenvalue weighted by Gasteiger charge is -2.11. The monoisotopic (exact) mass is 346 g/mol. The molecule has 0 amide bonds. The lowest BCUT2D eigenvalue weighted by Crippen LogP contribution is -2.22. The molecular formula is C14H18O8S. The van der Waals surface area contributed by atoms with Crippen molar-refractivity contribution in [1.82, 2.24) is 0 Å². The maximum Gasteiger partial charge on any atom is 0.446 e. The Morgan fingerprint density at radius 3 is 2.57 bits per heavy atom. The van der Waals surface area contributed by atoms with Crippen molar-refractivity contribution >= 4 is 16.4 Å². The first-order valence-electron chi connectivity index (χ1n) is 6.58. The first kappa shape index (κ1) is 19.1. The van der Waals surface area contributed by atoms with Gasteiger partial charge < -0.3 is 19.5 Å². The van der Waals surface area contributed by atoms with Crippen LogP contribution in [0.5, 0.6) is 5.75 Å². The van der Waals surface area contributed by atoms with Gasteiger partial charge in [0.25, 0.3) is 0 Å². The summed E-state index contributed by atoms with van der Waals surface area (Å²) in [6.07, 6.45) is 0.0561. The minimum atomic E-state index is -4.71. The van der Waals surface area contributed by atoms with Crippen LogP contribution in [0.4, 0.5) is 0 Å². The summed E-state index contributed by atoms with van der Waals surface area (Å²) in [6.45, 7) is 1.49. The molecule has 1 atom stereocenters. The van der Waals surface area contributed by atoms with E-state index in [4.69, 9.17) is 14.8 Å². The number of rotatable bonds is 8. The van der Waals surface area contributed by atoms with Crippen LogP contribution in [0.15, 0.2) is 29.8 Å². The summed E-state index contributed by atoms with van der Waals surface area (Å²) >= 11 is 0. The van der Waals surface area contributed by atoms with Crippen molar-refractivity contribution in [3.8, 4) is 5.75 Å². The molecule has 0 bridgehead atoms. The van der Waals surface area contributed by atoms with Gasteiger partial charge in [0.15, 0.2) is 6.10 Å². The van der Waals surface area contributed by atoms with E-state index in [9.17, 15) is 18.3 Å². The molecule has 0 aliphatic rings. The van der Waals surface area contributed by atoms with Gasteiger partial charge in [0, 0.05) is 12.0 Å². The van der Waals surface area contributed by atoms with Crippen LogP contribution in [0.1, 0.15) is 18.1 Å². The number of carboxylic acids is 1. The molecule has 23 heavy (non-hydrogen) atoms. The second-order valence-electron chi connectivity index (χ2n) is 4.92. The highest BCUT2D eigenvalue weighted by atomic mass is 32.3. The minimum Gasteiger partial charge on any atom is -0.479 e. The van der Waals surface area contributed by atoms with Crippen LogP contribution in [-0.4, -0.2) is 47.0 Å². The fourth-order valence-electron chi connectivity index (χ4n) is 1.77. The number of carbonyl (C=O) groups is 1. The lowest BCUT2D eigenvalue weighted by molar-refractivity contribution is -0.146. The number of allylic oxidation sites excluding steroid dienone is 1. The van der Waals surface area contributed by atoms with Gasteiger partial charge in [-0.2, -0.15) is 8.42 Å². The largest absolute Gasteiger partial charge is 0.479 e. The predicted molar refractivity (Wildman–Crippen MR) is 80.5 cm³/mol. The van der Waals surface area contributed by atoms with Gasteiger partial charge in [-0.15, -0.1) is 0 Å². The quantitative estimate of drug-likeness (QED) is 0.390. The number of hydrogen-bond donors (Lipinski definition) is 4. The molecule has 128 valence electrons. The molecule has 1 unspecified atom stereocenters.